The molecule has 7 nitrogen and oxygen atoms in total. The van der Waals surface area contributed by atoms with Gasteiger partial charge in [-0.15, -0.1) is 0 Å². The molecule has 1 aromatic rings. The van der Waals surface area contributed by atoms with Crippen molar-refractivity contribution in [2.75, 3.05) is 51.3 Å². The van der Waals surface area contributed by atoms with Gasteiger partial charge in [-0.3, -0.25) is 19.9 Å². The first-order valence-electron chi connectivity index (χ1n) is 8.39. The van der Waals surface area contributed by atoms with E-state index in [1.54, 1.807) is 6.07 Å². The van der Waals surface area contributed by atoms with Gasteiger partial charge in [0, 0.05) is 44.9 Å². The van der Waals surface area contributed by atoms with Crippen LogP contribution >= 0.6 is 0 Å². The molecular weight excluding hydrogens is 296 g/mol. The fraction of sp³-hybridized carbons (Fsp3) is 0.750. The summed E-state index contributed by atoms with van der Waals surface area (Å²) in [5, 5.41) is 6.52. The molecule has 1 aliphatic heterocycles. The number of hydrogen-bond donors (Lipinski definition) is 1. The van der Waals surface area contributed by atoms with Crippen molar-refractivity contribution in [3.8, 4) is 0 Å². The molecule has 2 rings (SSSR count). The summed E-state index contributed by atoms with van der Waals surface area (Å²) in [6.45, 7) is 11.7. The highest BCUT2D eigenvalue weighted by molar-refractivity contribution is 5.90. The van der Waals surface area contributed by atoms with Crippen molar-refractivity contribution in [1.82, 2.24) is 15.0 Å². The molecule has 130 valence electrons. The topological polar surface area (TPSA) is 70.8 Å². The van der Waals surface area contributed by atoms with Crippen LogP contribution in [0.3, 0.4) is 0 Å². The van der Waals surface area contributed by atoms with Gasteiger partial charge in [0.2, 0.25) is 11.8 Å². The van der Waals surface area contributed by atoms with Crippen LogP contribution in [0, 0.1) is 6.92 Å². The van der Waals surface area contributed by atoms with Crippen LogP contribution in [0.5, 0.6) is 0 Å². The quantitative estimate of drug-likeness (QED) is 0.728. The van der Waals surface area contributed by atoms with E-state index >= 15 is 0 Å². The number of aryl methyl sites for hydroxylation is 1. The lowest BCUT2D eigenvalue weighted by atomic mass is 10.1. The van der Waals surface area contributed by atoms with Crippen LogP contribution in [0.1, 0.15) is 26.0 Å². The largest absolute Gasteiger partial charge is 0.380 e. The molecule has 7 heteroatoms. The number of ether oxygens (including phenoxy) is 1. The van der Waals surface area contributed by atoms with Crippen molar-refractivity contribution in [3.05, 3.63) is 11.8 Å². The molecule has 0 bridgehead atoms. The Morgan fingerprint density at radius 3 is 2.96 bits per heavy atom. The molecule has 1 amide bonds. The van der Waals surface area contributed by atoms with Crippen LogP contribution in [-0.4, -0.2) is 72.8 Å². The van der Waals surface area contributed by atoms with Gasteiger partial charge in [0.1, 0.15) is 0 Å². The van der Waals surface area contributed by atoms with Gasteiger partial charge in [0.05, 0.1) is 18.8 Å². The summed E-state index contributed by atoms with van der Waals surface area (Å²) in [7, 11) is 0. The molecule has 1 N–H and O–H groups in total. The van der Waals surface area contributed by atoms with E-state index in [9.17, 15) is 4.79 Å². The molecule has 2 heterocycles. The molecule has 0 aliphatic carbocycles. The smallest absolute Gasteiger partial charge is 0.240 e. The zero-order valence-electron chi connectivity index (χ0n) is 14.4. The molecule has 23 heavy (non-hydrogen) atoms. The predicted octanol–water partition coefficient (Wildman–Crippen LogP) is 1.35. The molecule has 1 atom stereocenters. The van der Waals surface area contributed by atoms with Crippen LogP contribution in [0.25, 0.3) is 0 Å². The second-order valence-corrected chi connectivity index (χ2v) is 5.91. The predicted molar refractivity (Wildman–Crippen MR) is 88.5 cm³/mol. The van der Waals surface area contributed by atoms with Crippen LogP contribution < -0.4 is 5.32 Å². The summed E-state index contributed by atoms with van der Waals surface area (Å²) in [5.41, 5.74) is 0.759. The molecule has 0 radical (unpaired) electrons. The number of rotatable bonds is 8. The summed E-state index contributed by atoms with van der Waals surface area (Å²) >= 11 is 0. The first-order chi connectivity index (χ1) is 11.1. The molecule has 1 aliphatic rings. The molecule has 1 unspecified atom stereocenters. The maximum Gasteiger partial charge on any atom is 0.240 e. The zero-order valence-corrected chi connectivity index (χ0v) is 14.4. The van der Waals surface area contributed by atoms with Crippen LogP contribution in [0.15, 0.2) is 10.6 Å². The number of piperazine rings is 1. The first-order valence-corrected chi connectivity index (χ1v) is 8.39. The van der Waals surface area contributed by atoms with Gasteiger partial charge < -0.3 is 9.26 Å². The van der Waals surface area contributed by atoms with Crippen molar-refractivity contribution in [2.24, 2.45) is 0 Å². The number of nitrogens with one attached hydrogen (secondary N) is 1. The molecular formula is C16H28N4O3. The van der Waals surface area contributed by atoms with Crippen molar-refractivity contribution >= 4 is 11.8 Å². The summed E-state index contributed by atoms with van der Waals surface area (Å²) in [6, 6.07) is 2.20. The molecule has 1 saturated heterocycles. The first kappa shape index (κ1) is 17.9. The normalized spacial score (nSPS) is 19.9. The van der Waals surface area contributed by atoms with Gasteiger partial charge >= 0.3 is 0 Å². The second kappa shape index (κ2) is 9.00. The third-order valence-corrected chi connectivity index (χ3v) is 4.14. The SMILES string of the molecule is CCOCCN1CCN(CC(=O)Nc2cc(C)no2)CC1CC. The molecule has 0 spiro atoms. The van der Waals surface area contributed by atoms with E-state index in [1.807, 2.05) is 13.8 Å². The van der Waals surface area contributed by atoms with E-state index in [1.165, 1.54) is 0 Å². The van der Waals surface area contributed by atoms with Gasteiger partial charge in [-0.05, 0) is 20.3 Å². The summed E-state index contributed by atoms with van der Waals surface area (Å²) < 4.78 is 10.5. The van der Waals surface area contributed by atoms with E-state index < -0.39 is 0 Å². The van der Waals surface area contributed by atoms with Gasteiger partial charge in [-0.2, -0.15) is 0 Å². The third kappa shape index (κ3) is 5.60. The Hall–Kier alpha value is -1.44. The average Bonchev–Trinajstić information content (AvgIpc) is 2.93. The Morgan fingerprint density at radius 2 is 2.30 bits per heavy atom. The fourth-order valence-corrected chi connectivity index (χ4v) is 2.91. The summed E-state index contributed by atoms with van der Waals surface area (Å²) in [6.07, 6.45) is 1.07. The van der Waals surface area contributed by atoms with Crippen molar-refractivity contribution in [3.63, 3.8) is 0 Å². The van der Waals surface area contributed by atoms with Crippen molar-refractivity contribution in [2.45, 2.75) is 33.2 Å². The number of hydrogen-bond acceptors (Lipinski definition) is 6. The molecule has 0 aromatic carbocycles. The maximum absolute atomic E-state index is 12.1. The Bertz CT molecular complexity index is 491. The second-order valence-electron chi connectivity index (χ2n) is 5.91. The number of nitrogens with zero attached hydrogens (tertiary/aromatic N) is 3. The van der Waals surface area contributed by atoms with E-state index in [-0.39, 0.29) is 5.91 Å². The Balaban J connectivity index is 1.77. The third-order valence-electron chi connectivity index (χ3n) is 4.14. The van der Waals surface area contributed by atoms with E-state index in [4.69, 9.17) is 9.26 Å². The molecule has 0 saturated carbocycles. The van der Waals surface area contributed by atoms with Gasteiger partial charge in [-0.25, -0.2) is 0 Å². The van der Waals surface area contributed by atoms with E-state index in [0.29, 0.717) is 18.5 Å². The average molecular weight is 324 g/mol. The highest BCUT2D eigenvalue weighted by Gasteiger charge is 2.26. The van der Waals surface area contributed by atoms with Gasteiger partial charge in [-0.1, -0.05) is 12.1 Å². The maximum atomic E-state index is 12.1. The van der Waals surface area contributed by atoms with Crippen molar-refractivity contribution in [1.29, 1.82) is 0 Å². The van der Waals surface area contributed by atoms with Gasteiger partial charge in [0.25, 0.3) is 0 Å². The number of anilines is 1. The van der Waals surface area contributed by atoms with Crippen LogP contribution in [0.2, 0.25) is 0 Å². The Labute approximate surface area is 137 Å². The number of carbonyl (C=O) groups is 1. The monoisotopic (exact) mass is 324 g/mol. The Morgan fingerprint density at radius 1 is 1.48 bits per heavy atom. The Kier molecular flexibility index (Phi) is 7.01. The summed E-state index contributed by atoms with van der Waals surface area (Å²) in [4.78, 5) is 16.8. The summed E-state index contributed by atoms with van der Waals surface area (Å²) in [5.74, 6) is 0.355. The van der Waals surface area contributed by atoms with E-state index in [2.05, 4.69) is 27.2 Å². The van der Waals surface area contributed by atoms with Crippen LogP contribution in [0.4, 0.5) is 5.88 Å². The lowest BCUT2D eigenvalue weighted by molar-refractivity contribution is -0.118. The van der Waals surface area contributed by atoms with Crippen molar-refractivity contribution < 1.29 is 14.1 Å². The molecule has 1 fully saturated rings. The highest BCUT2D eigenvalue weighted by Crippen LogP contribution is 2.13. The number of amides is 1. The van der Waals surface area contributed by atoms with E-state index in [0.717, 1.165) is 51.5 Å². The highest BCUT2D eigenvalue weighted by atomic mass is 16.5. The zero-order chi connectivity index (χ0) is 16.7. The minimum Gasteiger partial charge on any atom is -0.380 e. The number of aromatic nitrogens is 1. The minimum absolute atomic E-state index is 0.0567. The minimum atomic E-state index is -0.0567. The molecule has 1 aromatic heterocycles. The standard InChI is InChI=1S/C16H28N4O3/c1-4-14-11-19(6-7-20(14)8-9-22-5-2)12-15(21)17-16-10-13(3)18-23-16/h10,14H,4-9,11-12H2,1-3H3,(H,17,21). The number of carbonyl (C=O) groups excluding carboxylic acids is 1. The lowest BCUT2D eigenvalue weighted by Gasteiger charge is -2.40. The van der Waals surface area contributed by atoms with Crippen LogP contribution in [-0.2, 0) is 9.53 Å². The van der Waals surface area contributed by atoms with Gasteiger partial charge in [0.15, 0.2) is 0 Å². The lowest BCUT2D eigenvalue weighted by Crippen LogP contribution is -2.54. The fourth-order valence-electron chi connectivity index (χ4n) is 2.91.